The molecule has 0 aliphatic carbocycles. The normalized spacial score (nSPS) is 22.2. The predicted octanol–water partition coefficient (Wildman–Crippen LogP) is 1.31. The molecule has 1 fully saturated rings. The van der Waals surface area contributed by atoms with E-state index in [1.54, 1.807) is 6.20 Å². The van der Waals surface area contributed by atoms with E-state index in [-0.39, 0.29) is 6.04 Å². The lowest BCUT2D eigenvalue weighted by Crippen LogP contribution is -2.38. The lowest BCUT2D eigenvalue weighted by Gasteiger charge is -2.26. The third-order valence-corrected chi connectivity index (χ3v) is 4.94. The van der Waals surface area contributed by atoms with Crippen LogP contribution in [-0.4, -0.2) is 30.9 Å². The van der Waals surface area contributed by atoms with Crippen LogP contribution in [-0.2, 0) is 9.84 Å². The van der Waals surface area contributed by atoms with Crippen molar-refractivity contribution in [1.82, 2.24) is 10.3 Å². The van der Waals surface area contributed by atoms with Gasteiger partial charge in [-0.15, -0.1) is 0 Å². The number of rotatable bonds is 3. The van der Waals surface area contributed by atoms with E-state index in [2.05, 4.69) is 17.2 Å². The standard InChI is InChI=1S/C12H18N2O2S/c1-10(11-3-2-6-13-9-11)14-12-4-7-17(15,16)8-5-12/h2-3,6,9-10,12,14H,4-5,7-8H2,1H3/t10-/m1/s1. The summed E-state index contributed by atoms with van der Waals surface area (Å²) in [7, 11) is -2.77. The van der Waals surface area contributed by atoms with E-state index >= 15 is 0 Å². The van der Waals surface area contributed by atoms with E-state index < -0.39 is 9.84 Å². The van der Waals surface area contributed by atoms with Gasteiger partial charge in [-0.05, 0) is 31.4 Å². The monoisotopic (exact) mass is 254 g/mol. The molecule has 0 radical (unpaired) electrons. The van der Waals surface area contributed by atoms with E-state index in [9.17, 15) is 8.42 Å². The molecule has 1 aliphatic rings. The number of nitrogens with zero attached hydrogens (tertiary/aromatic N) is 1. The van der Waals surface area contributed by atoms with Gasteiger partial charge in [0.05, 0.1) is 11.5 Å². The number of nitrogens with one attached hydrogen (secondary N) is 1. The lowest BCUT2D eigenvalue weighted by atomic mass is 10.1. The van der Waals surface area contributed by atoms with Crippen molar-refractivity contribution in [1.29, 1.82) is 0 Å². The highest BCUT2D eigenvalue weighted by Gasteiger charge is 2.24. The molecule has 5 heteroatoms. The molecule has 17 heavy (non-hydrogen) atoms. The SMILES string of the molecule is C[C@@H](NC1CCS(=O)(=O)CC1)c1cccnc1. The van der Waals surface area contributed by atoms with Crippen molar-refractivity contribution in [3.8, 4) is 0 Å². The maximum Gasteiger partial charge on any atom is 0.150 e. The summed E-state index contributed by atoms with van der Waals surface area (Å²) in [6.07, 6.45) is 5.03. The van der Waals surface area contributed by atoms with Crippen molar-refractivity contribution in [2.24, 2.45) is 0 Å². The summed E-state index contributed by atoms with van der Waals surface area (Å²) in [6, 6.07) is 4.46. The maximum atomic E-state index is 11.3. The minimum absolute atomic E-state index is 0.217. The Morgan fingerprint density at radius 3 is 2.71 bits per heavy atom. The van der Waals surface area contributed by atoms with E-state index in [0.717, 1.165) is 5.56 Å². The molecule has 2 rings (SSSR count). The second-order valence-electron chi connectivity index (χ2n) is 4.60. The molecule has 1 aromatic heterocycles. The number of hydrogen-bond acceptors (Lipinski definition) is 4. The third-order valence-electron chi connectivity index (χ3n) is 3.22. The van der Waals surface area contributed by atoms with Gasteiger partial charge in [0, 0.05) is 24.5 Å². The van der Waals surface area contributed by atoms with Crippen LogP contribution in [0.15, 0.2) is 24.5 Å². The number of hydrogen-bond donors (Lipinski definition) is 1. The molecular weight excluding hydrogens is 236 g/mol. The van der Waals surface area contributed by atoms with Crippen LogP contribution in [0.3, 0.4) is 0 Å². The molecule has 4 nitrogen and oxygen atoms in total. The topological polar surface area (TPSA) is 59.1 Å². The van der Waals surface area contributed by atoms with Crippen LogP contribution in [0.2, 0.25) is 0 Å². The summed E-state index contributed by atoms with van der Waals surface area (Å²) >= 11 is 0. The third kappa shape index (κ3) is 3.51. The van der Waals surface area contributed by atoms with Crippen LogP contribution in [0.1, 0.15) is 31.4 Å². The molecule has 0 unspecified atom stereocenters. The zero-order valence-electron chi connectivity index (χ0n) is 9.96. The number of aromatic nitrogens is 1. The van der Waals surface area contributed by atoms with E-state index in [1.165, 1.54) is 0 Å². The smallest absolute Gasteiger partial charge is 0.150 e. The van der Waals surface area contributed by atoms with Gasteiger partial charge in [0.15, 0.2) is 0 Å². The van der Waals surface area contributed by atoms with Crippen LogP contribution in [0, 0.1) is 0 Å². The second kappa shape index (κ2) is 5.14. The highest BCUT2D eigenvalue weighted by Crippen LogP contribution is 2.17. The van der Waals surface area contributed by atoms with Gasteiger partial charge < -0.3 is 5.32 Å². The van der Waals surface area contributed by atoms with Crippen molar-refractivity contribution in [3.63, 3.8) is 0 Å². The fourth-order valence-corrected chi connectivity index (χ4v) is 3.63. The first-order valence-corrected chi connectivity index (χ1v) is 7.75. The Bertz CT molecular complexity index is 445. The molecule has 1 atom stereocenters. The Morgan fingerprint density at radius 1 is 1.41 bits per heavy atom. The predicted molar refractivity (Wildman–Crippen MR) is 67.5 cm³/mol. The highest BCUT2D eigenvalue weighted by molar-refractivity contribution is 7.91. The Morgan fingerprint density at radius 2 is 2.12 bits per heavy atom. The van der Waals surface area contributed by atoms with Crippen molar-refractivity contribution in [2.45, 2.75) is 31.8 Å². The lowest BCUT2D eigenvalue weighted by molar-refractivity contribution is 0.419. The largest absolute Gasteiger partial charge is 0.307 e. The van der Waals surface area contributed by atoms with Crippen molar-refractivity contribution < 1.29 is 8.42 Å². The Hall–Kier alpha value is -0.940. The van der Waals surface area contributed by atoms with Gasteiger partial charge in [0.1, 0.15) is 9.84 Å². The molecule has 2 heterocycles. The molecule has 94 valence electrons. The van der Waals surface area contributed by atoms with Gasteiger partial charge >= 0.3 is 0 Å². The zero-order valence-corrected chi connectivity index (χ0v) is 10.8. The maximum absolute atomic E-state index is 11.3. The van der Waals surface area contributed by atoms with Gasteiger partial charge in [-0.3, -0.25) is 4.98 Å². The first-order chi connectivity index (χ1) is 8.07. The first kappa shape index (κ1) is 12.5. The van der Waals surface area contributed by atoms with Crippen LogP contribution >= 0.6 is 0 Å². The Labute approximate surface area is 102 Å². The van der Waals surface area contributed by atoms with Crippen molar-refractivity contribution in [3.05, 3.63) is 30.1 Å². The first-order valence-electron chi connectivity index (χ1n) is 5.93. The van der Waals surface area contributed by atoms with Crippen molar-refractivity contribution >= 4 is 9.84 Å². The summed E-state index contributed by atoms with van der Waals surface area (Å²) in [6.45, 7) is 2.08. The Kier molecular flexibility index (Phi) is 3.79. The Balaban J connectivity index is 1.90. The number of pyridine rings is 1. The van der Waals surface area contributed by atoms with Crippen LogP contribution in [0.5, 0.6) is 0 Å². The molecule has 0 saturated carbocycles. The zero-order chi connectivity index (χ0) is 12.3. The van der Waals surface area contributed by atoms with Gasteiger partial charge in [0.25, 0.3) is 0 Å². The van der Waals surface area contributed by atoms with Gasteiger partial charge in [-0.1, -0.05) is 6.07 Å². The van der Waals surface area contributed by atoms with Crippen molar-refractivity contribution in [2.75, 3.05) is 11.5 Å². The van der Waals surface area contributed by atoms with Gasteiger partial charge in [-0.2, -0.15) is 0 Å². The summed E-state index contributed by atoms with van der Waals surface area (Å²) in [5.41, 5.74) is 1.14. The van der Waals surface area contributed by atoms with Crippen LogP contribution in [0.25, 0.3) is 0 Å². The van der Waals surface area contributed by atoms with E-state index in [1.807, 2.05) is 18.3 Å². The summed E-state index contributed by atoms with van der Waals surface area (Å²) in [5.74, 6) is 0.620. The molecule has 0 spiro atoms. The summed E-state index contributed by atoms with van der Waals surface area (Å²) < 4.78 is 22.6. The van der Waals surface area contributed by atoms with Crippen LogP contribution < -0.4 is 5.32 Å². The van der Waals surface area contributed by atoms with E-state index in [4.69, 9.17) is 0 Å². The molecule has 0 bridgehead atoms. The fourth-order valence-electron chi connectivity index (χ4n) is 2.14. The average molecular weight is 254 g/mol. The molecule has 1 aromatic rings. The highest BCUT2D eigenvalue weighted by atomic mass is 32.2. The summed E-state index contributed by atoms with van der Waals surface area (Å²) in [4.78, 5) is 4.09. The molecule has 1 N–H and O–H groups in total. The average Bonchev–Trinajstić information content (AvgIpc) is 2.33. The number of sulfone groups is 1. The van der Waals surface area contributed by atoms with Gasteiger partial charge in [0.2, 0.25) is 0 Å². The second-order valence-corrected chi connectivity index (χ2v) is 6.90. The molecule has 1 aliphatic heterocycles. The summed E-state index contributed by atoms with van der Waals surface area (Å²) in [5, 5.41) is 3.47. The minimum Gasteiger partial charge on any atom is -0.307 e. The molecule has 1 saturated heterocycles. The fraction of sp³-hybridized carbons (Fsp3) is 0.583. The quantitative estimate of drug-likeness (QED) is 0.883. The van der Waals surface area contributed by atoms with Gasteiger partial charge in [-0.25, -0.2) is 8.42 Å². The minimum atomic E-state index is -2.77. The molecule has 0 aromatic carbocycles. The van der Waals surface area contributed by atoms with E-state index in [0.29, 0.717) is 30.4 Å². The molecular formula is C12H18N2O2S. The van der Waals surface area contributed by atoms with Crippen LogP contribution in [0.4, 0.5) is 0 Å². The molecule has 0 amide bonds.